The highest BCUT2D eigenvalue weighted by Gasteiger charge is 2.52. The van der Waals surface area contributed by atoms with Crippen LogP contribution in [0.3, 0.4) is 0 Å². The second kappa shape index (κ2) is 8.17. The third kappa shape index (κ3) is 3.30. The largest absolute Gasteiger partial charge is 0.496 e. The summed E-state index contributed by atoms with van der Waals surface area (Å²) in [6, 6.07) is 14.7. The molecule has 160 valence electrons. The zero-order chi connectivity index (χ0) is 22.2. The minimum atomic E-state index is -1.59. The van der Waals surface area contributed by atoms with Crippen LogP contribution < -0.4 is 14.2 Å². The van der Waals surface area contributed by atoms with Crippen LogP contribution in [0.1, 0.15) is 23.5 Å². The van der Waals surface area contributed by atoms with Crippen LogP contribution in [0.4, 0.5) is 0 Å². The lowest BCUT2D eigenvalue weighted by Crippen LogP contribution is -2.48. The molecule has 2 aromatic carbocycles. The summed E-state index contributed by atoms with van der Waals surface area (Å²) in [6.45, 7) is 0. The number of amides is 1. The maximum atomic E-state index is 13.3. The first-order chi connectivity index (χ1) is 15.0. The van der Waals surface area contributed by atoms with Crippen LogP contribution in [-0.4, -0.2) is 43.0 Å². The lowest BCUT2D eigenvalue weighted by Gasteiger charge is -2.38. The molecule has 2 aromatic rings. The van der Waals surface area contributed by atoms with E-state index in [9.17, 15) is 15.2 Å². The maximum Gasteiger partial charge on any atom is 0.231 e. The minimum Gasteiger partial charge on any atom is -0.496 e. The summed E-state index contributed by atoms with van der Waals surface area (Å²) in [5, 5.41) is 22.1. The van der Waals surface area contributed by atoms with E-state index in [4.69, 9.17) is 14.2 Å². The number of rotatable bonds is 5. The Morgan fingerprint density at radius 1 is 1.10 bits per heavy atom. The molecule has 0 aliphatic carbocycles. The van der Waals surface area contributed by atoms with Crippen molar-refractivity contribution in [2.45, 2.75) is 18.1 Å². The van der Waals surface area contributed by atoms with Crippen molar-refractivity contribution in [1.29, 1.82) is 5.26 Å². The number of benzene rings is 2. The van der Waals surface area contributed by atoms with Crippen molar-refractivity contribution in [3.8, 4) is 23.3 Å². The minimum absolute atomic E-state index is 0.0585. The Hall–Kier alpha value is -3.15. The molecule has 0 bridgehead atoms. The molecular formula is C23H22N2O5S. The topological polar surface area (TPSA) is 92.0 Å². The first-order valence-corrected chi connectivity index (χ1v) is 10.6. The van der Waals surface area contributed by atoms with Gasteiger partial charge in [0.1, 0.15) is 5.75 Å². The number of allylic oxidation sites excluding steroid dienone is 1. The Balaban J connectivity index is 1.81. The van der Waals surface area contributed by atoms with Gasteiger partial charge in [0.2, 0.25) is 5.91 Å². The van der Waals surface area contributed by atoms with Gasteiger partial charge in [0.25, 0.3) is 0 Å². The van der Waals surface area contributed by atoms with Gasteiger partial charge < -0.3 is 19.3 Å². The summed E-state index contributed by atoms with van der Waals surface area (Å²) in [5.41, 5.74) is 0.133. The Labute approximate surface area is 184 Å². The summed E-state index contributed by atoms with van der Waals surface area (Å²) in [6.07, 6.45) is 0.0585. The molecule has 31 heavy (non-hydrogen) atoms. The number of nitriles is 1. The van der Waals surface area contributed by atoms with Gasteiger partial charge in [-0.2, -0.15) is 5.26 Å². The Morgan fingerprint density at radius 3 is 2.48 bits per heavy atom. The highest BCUT2D eigenvalue weighted by molar-refractivity contribution is 8.03. The van der Waals surface area contributed by atoms with Crippen LogP contribution in [0.25, 0.3) is 0 Å². The number of carbonyl (C=O) groups is 1. The van der Waals surface area contributed by atoms with Crippen molar-refractivity contribution >= 4 is 17.7 Å². The molecule has 1 N–H and O–H groups in total. The summed E-state index contributed by atoms with van der Waals surface area (Å²) in [4.78, 5) is 14.6. The quantitative estimate of drug-likeness (QED) is 0.765. The van der Waals surface area contributed by atoms with Crippen LogP contribution in [0.15, 0.2) is 53.1 Å². The number of thioether (sulfide) groups is 1. The molecule has 0 unspecified atom stereocenters. The summed E-state index contributed by atoms with van der Waals surface area (Å²) in [5.74, 6) is 1.11. The van der Waals surface area contributed by atoms with Gasteiger partial charge in [-0.05, 0) is 18.2 Å². The normalized spacial score (nSPS) is 22.7. The van der Waals surface area contributed by atoms with E-state index < -0.39 is 11.6 Å². The molecule has 2 heterocycles. The van der Waals surface area contributed by atoms with Crippen LogP contribution >= 0.6 is 11.8 Å². The number of hydrogen-bond donors (Lipinski definition) is 1. The smallest absolute Gasteiger partial charge is 0.231 e. The molecule has 2 aliphatic heterocycles. The Bertz CT molecular complexity index is 1110. The molecule has 1 fully saturated rings. The Kier molecular flexibility index (Phi) is 5.56. The van der Waals surface area contributed by atoms with Crippen molar-refractivity contribution in [2.75, 3.05) is 27.1 Å². The maximum absolute atomic E-state index is 13.3. The van der Waals surface area contributed by atoms with Crippen LogP contribution in [0, 0.1) is 11.3 Å². The van der Waals surface area contributed by atoms with Crippen molar-refractivity contribution < 1.29 is 24.1 Å². The Morgan fingerprint density at radius 2 is 1.81 bits per heavy atom. The molecule has 7 nitrogen and oxygen atoms in total. The van der Waals surface area contributed by atoms with E-state index in [2.05, 4.69) is 6.07 Å². The molecule has 0 saturated carbocycles. The molecule has 0 spiro atoms. The second-order valence-electron chi connectivity index (χ2n) is 7.23. The number of carbonyl (C=O) groups excluding carboxylic acids is 1. The van der Waals surface area contributed by atoms with Crippen molar-refractivity contribution in [3.05, 3.63) is 64.2 Å². The van der Waals surface area contributed by atoms with Gasteiger partial charge in [-0.1, -0.05) is 24.3 Å². The number of para-hydroxylation sites is 1. The third-order valence-electron chi connectivity index (χ3n) is 5.67. The van der Waals surface area contributed by atoms with E-state index in [1.807, 2.05) is 24.3 Å². The predicted octanol–water partition coefficient (Wildman–Crippen LogP) is 3.36. The lowest BCUT2D eigenvalue weighted by atomic mass is 9.85. The van der Waals surface area contributed by atoms with Crippen LogP contribution in [0.5, 0.6) is 17.2 Å². The average Bonchev–Trinajstić information content (AvgIpc) is 3.17. The van der Waals surface area contributed by atoms with Crippen molar-refractivity contribution in [2.24, 2.45) is 0 Å². The van der Waals surface area contributed by atoms with E-state index in [0.29, 0.717) is 33.4 Å². The van der Waals surface area contributed by atoms with Gasteiger partial charge in [-0.3, -0.25) is 9.69 Å². The molecule has 1 amide bonds. The number of methoxy groups -OCH3 is 3. The monoisotopic (exact) mass is 438 g/mol. The van der Waals surface area contributed by atoms with Gasteiger partial charge in [-0.15, -0.1) is 11.8 Å². The average molecular weight is 439 g/mol. The number of ether oxygens (including phenoxy) is 3. The lowest BCUT2D eigenvalue weighted by molar-refractivity contribution is -0.149. The first kappa shape index (κ1) is 21.1. The van der Waals surface area contributed by atoms with E-state index in [1.165, 1.54) is 30.9 Å². The van der Waals surface area contributed by atoms with Crippen molar-refractivity contribution in [3.63, 3.8) is 0 Å². The summed E-state index contributed by atoms with van der Waals surface area (Å²) < 4.78 is 16.1. The standard InChI is InChI=1S/C23H22N2O5S/c1-28-18-7-5-4-6-15(18)16-11-21(26)25-22(17(16)12-24)31-13-23(25,27)14-8-9-19(29-2)20(10-14)30-3/h4-10,16,27H,11,13H2,1-3H3/t16-,23-/m0/s1. The van der Waals surface area contributed by atoms with E-state index in [-0.39, 0.29) is 18.1 Å². The third-order valence-corrected chi connectivity index (χ3v) is 6.89. The molecule has 8 heteroatoms. The molecule has 1 saturated heterocycles. The molecule has 0 radical (unpaired) electrons. The molecule has 0 aromatic heterocycles. The van der Waals surface area contributed by atoms with Crippen molar-refractivity contribution in [1.82, 2.24) is 4.90 Å². The first-order valence-electron chi connectivity index (χ1n) is 9.66. The zero-order valence-electron chi connectivity index (χ0n) is 17.4. The molecule has 4 rings (SSSR count). The number of nitrogens with zero attached hydrogens (tertiary/aromatic N) is 2. The van der Waals surface area contributed by atoms with E-state index in [1.54, 1.807) is 25.3 Å². The van der Waals surface area contributed by atoms with E-state index in [0.717, 1.165) is 5.56 Å². The van der Waals surface area contributed by atoms with Crippen LogP contribution in [-0.2, 0) is 10.5 Å². The highest BCUT2D eigenvalue weighted by atomic mass is 32.2. The highest BCUT2D eigenvalue weighted by Crippen LogP contribution is 2.53. The number of fused-ring (bicyclic) bond motifs is 1. The van der Waals surface area contributed by atoms with Crippen LogP contribution in [0.2, 0.25) is 0 Å². The van der Waals surface area contributed by atoms with E-state index >= 15 is 0 Å². The summed E-state index contributed by atoms with van der Waals surface area (Å²) in [7, 11) is 4.61. The van der Waals surface area contributed by atoms with Gasteiger partial charge >= 0.3 is 0 Å². The summed E-state index contributed by atoms with van der Waals surface area (Å²) >= 11 is 1.30. The van der Waals surface area contributed by atoms with Gasteiger partial charge in [0, 0.05) is 23.5 Å². The predicted molar refractivity (Wildman–Crippen MR) is 116 cm³/mol. The van der Waals surface area contributed by atoms with Gasteiger partial charge in [0.05, 0.1) is 43.8 Å². The number of hydrogen-bond acceptors (Lipinski definition) is 7. The molecule has 2 aliphatic rings. The SMILES string of the molecule is COc1ccc([C@@]2(O)CSC3=C(C#N)[C@H](c4ccccc4OC)CC(=O)N32)cc1OC. The van der Waals surface area contributed by atoms with Gasteiger partial charge in [0.15, 0.2) is 17.2 Å². The molecule has 2 atom stereocenters. The van der Waals surface area contributed by atoms with Gasteiger partial charge in [-0.25, -0.2) is 0 Å². The molecular weight excluding hydrogens is 416 g/mol. The fourth-order valence-corrected chi connectivity index (χ4v) is 5.50. The second-order valence-corrected chi connectivity index (χ2v) is 8.20. The fourth-order valence-electron chi connectivity index (χ4n) is 4.14. The number of aliphatic hydroxyl groups is 1. The fraction of sp³-hybridized carbons (Fsp3) is 0.304. The zero-order valence-corrected chi connectivity index (χ0v) is 18.2.